The summed E-state index contributed by atoms with van der Waals surface area (Å²) in [5.74, 6) is 0. The quantitative estimate of drug-likeness (QED) is 0.725. The molecule has 0 aliphatic heterocycles. The Morgan fingerprint density at radius 1 is 1.46 bits per heavy atom. The van der Waals surface area contributed by atoms with E-state index in [0.29, 0.717) is 0 Å². The van der Waals surface area contributed by atoms with Gasteiger partial charge in [-0.2, -0.15) is 5.10 Å². The van der Waals surface area contributed by atoms with Gasteiger partial charge in [-0.25, -0.2) is 14.6 Å². The van der Waals surface area contributed by atoms with Crippen LogP contribution in [0, 0.1) is 13.8 Å². The molecule has 0 bridgehead atoms. The molecule has 0 N–H and O–H groups in total. The molecule has 0 unspecified atom stereocenters. The van der Waals surface area contributed by atoms with Crippen LogP contribution in [-0.2, 0) is 6.54 Å². The summed E-state index contributed by atoms with van der Waals surface area (Å²) in [6.45, 7) is 4.82. The van der Waals surface area contributed by atoms with E-state index in [2.05, 4.69) is 15.1 Å². The normalized spacial score (nSPS) is 10.6. The number of aromatic nitrogens is 4. The molecule has 0 aliphatic carbocycles. The molecular weight excluding hydrogens is 184 g/mol. The molecule has 0 amide bonds. The van der Waals surface area contributed by atoms with Crippen molar-refractivity contribution in [2.75, 3.05) is 0 Å². The smallest absolute Gasteiger partial charge is 0.137 e. The molecule has 0 radical (unpaired) electrons. The molecule has 2 aromatic rings. The second-order valence-corrected chi connectivity index (χ2v) is 4.12. The highest BCUT2D eigenvalue weighted by molar-refractivity contribution is 7.11. The molecule has 4 nitrogen and oxygen atoms in total. The van der Waals surface area contributed by atoms with Gasteiger partial charge in [-0.1, -0.05) is 0 Å². The molecule has 0 aromatic carbocycles. The number of hydrogen-bond donors (Lipinski definition) is 0. The Morgan fingerprint density at radius 2 is 2.31 bits per heavy atom. The van der Waals surface area contributed by atoms with Crippen LogP contribution >= 0.6 is 11.3 Å². The van der Waals surface area contributed by atoms with Crippen molar-refractivity contribution in [3.63, 3.8) is 0 Å². The van der Waals surface area contributed by atoms with Crippen molar-refractivity contribution < 1.29 is 0 Å². The summed E-state index contributed by atoms with van der Waals surface area (Å²) in [6, 6.07) is 0. The summed E-state index contributed by atoms with van der Waals surface area (Å²) in [5, 5.41) is 5.15. The first-order valence-electron chi connectivity index (χ1n) is 4.01. The average molecular weight is 194 g/mol. The highest BCUT2D eigenvalue weighted by Crippen LogP contribution is 2.17. The summed E-state index contributed by atoms with van der Waals surface area (Å²) < 4.78 is 1.81. The fourth-order valence-corrected chi connectivity index (χ4v) is 2.11. The molecular formula is C8H10N4S. The van der Waals surface area contributed by atoms with Crippen LogP contribution in [-0.4, -0.2) is 19.7 Å². The predicted octanol–water partition coefficient (Wildman–Crippen LogP) is 1.40. The molecule has 0 saturated carbocycles. The number of hydrogen-bond acceptors (Lipinski definition) is 4. The van der Waals surface area contributed by atoms with Gasteiger partial charge in [0.15, 0.2) is 0 Å². The van der Waals surface area contributed by atoms with Crippen LogP contribution in [0.15, 0.2) is 12.7 Å². The first-order valence-corrected chi connectivity index (χ1v) is 4.82. The number of rotatable bonds is 2. The zero-order chi connectivity index (χ0) is 9.26. The second kappa shape index (κ2) is 3.26. The topological polar surface area (TPSA) is 43.6 Å². The van der Waals surface area contributed by atoms with Gasteiger partial charge in [-0.15, -0.1) is 11.3 Å². The predicted molar refractivity (Wildman–Crippen MR) is 50.7 cm³/mol. The maximum absolute atomic E-state index is 4.35. The first-order chi connectivity index (χ1) is 6.25. The molecule has 5 heteroatoms. The van der Waals surface area contributed by atoms with Crippen LogP contribution < -0.4 is 0 Å². The summed E-state index contributed by atoms with van der Waals surface area (Å²) in [5.41, 5.74) is 1.10. The van der Waals surface area contributed by atoms with Crippen molar-refractivity contribution in [3.8, 4) is 0 Å². The van der Waals surface area contributed by atoms with E-state index >= 15 is 0 Å². The van der Waals surface area contributed by atoms with Crippen molar-refractivity contribution in [2.45, 2.75) is 20.4 Å². The lowest BCUT2D eigenvalue weighted by atomic mass is 10.4. The fourth-order valence-electron chi connectivity index (χ4n) is 1.18. The third kappa shape index (κ3) is 1.75. The fraction of sp³-hybridized carbons (Fsp3) is 0.375. The zero-order valence-corrected chi connectivity index (χ0v) is 8.38. The Labute approximate surface area is 80.3 Å². The molecule has 0 atom stereocenters. The van der Waals surface area contributed by atoms with Gasteiger partial charge in [0, 0.05) is 4.88 Å². The molecule has 0 saturated heterocycles. The van der Waals surface area contributed by atoms with Gasteiger partial charge >= 0.3 is 0 Å². The summed E-state index contributed by atoms with van der Waals surface area (Å²) >= 11 is 1.71. The molecule has 2 heterocycles. The Hall–Kier alpha value is -1.23. The first kappa shape index (κ1) is 8.37. The maximum Gasteiger partial charge on any atom is 0.137 e. The highest BCUT2D eigenvalue weighted by Gasteiger charge is 2.04. The summed E-state index contributed by atoms with van der Waals surface area (Å²) in [6.07, 6.45) is 3.26. The lowest BCUT2D eigenvalue weighted by molar-refractivity contribution is 0.689. The van der Waals surface area contributed by atoms with E-state index in [1.54, 1.807) is 28.7 Å². The maximum atomic E-state index is 4.35. The van der Waals surface area contributed by atoms with E-state index in [0.717, 1.165) is 17.2 Å². The monoisotopic (exact) mass is 194 g/mol. The van der Waals surface area contributed by atoms with Gasteiger partial charge < -0.3 is 0 Å². The standard InChI is InChI=1S/C8H10N4S/c1-6-8(13-7(2)11-6)3-12-5-9-4-10-12/h4-5H,3H2,1-2H3. The third-order valence-electron chi connectivity index (χ3n) is 1.77. The minimum Gasteiger partial charge on any atom is -0.248 e. The lowest BCUT2D eigenvalue weighted by Crippen LogP contribution is -1.99. The number of aryl methyl sites for hydroxylation is 2. The zero-order valence-electron chi connectivity index (χ0n) is 7.56. The Balaban J connectivity index is 2.23. The minimum absolute atomic E-state index is 0.775. The van der Waals surface area contributed by atoms with Gasteiger partial charge in [0.1, 0.15) is 12.7 Å². The number of nitrogens with zero attached hydrogens (tertiary/aromatic N) is 4. The molecule has 2 rings (SSSR count). The van der Waals surface area contributed by atoms with Crippen LogP contribution in [0.2, 0.25) is 0 Å². The Bertz CT molecular complexity index is 390. The van der Waals surface area contributed by atoms with Gasteiger partial charge in [0.25, 0.3) is 0 Å². The molecule has 2 aromatic heterocycles. The molecule has 68 valence electrons. The third-order valence-corrected chi connectivity index (χ3v) is 2.83. The van der Waals surface area contributed by atoms with E-state index in [-0.39, 0.29) is 0 Å². The van der Waals surface area contributed by atoms with E-state index in [1.807, 2.05) is 13.8 Å². The minimum atomic E-state index is 0.775. The van der Waals surface area contributed by atoms with E-state index in [9.17, 15) is 0 Å². The van der Waals surface area contributed by atoms with E-state index in [1.165, 1.54) is 4.88 Å². The molecule has 0 fully saturated rings. The van der Waals surface area contributed by atoms with Crippen LogP contribution in [0.5, 0.6) is 0 Å². The lowest BCUT2D eigenvalue weighted by Gasteiger charge is -1.96. The van der Waals surface area contributed by atoms with Crippen molar-refractivity contribution in [3.05, 3.63) is 28.2 Å². The van der Waals surface area contributed by atoms with Gasteiger partial charge in [0.2, 0.25) is 0 Å². The molecule has 13 heavy (non-hydrogen) atoms. The van der Waals surface area contributed by atoms with Gasteiger partial charge in [-0.3, -0.25) is 0 Å². The van der Waals surface area contributed by atoms with Crippen molar-refractivity contribution in [1.29, 1.82) is 0 Å². The number of thiazole rings is 1. The van der Waals surface area contributed by atoms with E-state index < -0.39 is 0 Å². The van der Waals surface area contributed by atoms with Crippen LogP contribution in [0.4, 0.5) is 0 Å². The van der Waals surface area contributed by atoms with Gasteiger partial charge in [-0.05, 0) is 13.8 Å². The van der Waals surface area contributed by atoms with Crippen molar-refractivity contribution in [2.24, 2.45) is 0 Å². The van der Waals surface area contributed by atoms with Crippen LogP contribution in [0.25, 0.3) is 0 Å². The SMILES string of the molecule is Cc1nc(C)c(Cn2cncn2)s1. The Kier molecular flexibility index (Phi) is 2.10. The van der Waals surface area contributed by atoms with Gasteiger partial charge in [0.05, 0.1) is 17.2 Å². The Morgan fingerprint density at radius 3 is 2.85 bits per heavy atom. The average Bonchev–Trinajstić information content (AvgIpc) is 2.63. The molecule has 0 aliphatic rings. The molecule has 0 spiro atoms. The van der Waals surface area contributed by atoms with Crippen LogP contribution in [0.3, 0.4) is 0 Å². The van der Waals surface area contributed by atoms with Crippen molar-refractivity contribution in [1.82, 2.24) is 19.7 Å². The summed E-state index contributed by atoms with van der Waals surface area (Å²) in [7, 11) is 0. The second-order valence-electron chi connectivity index (χ2n) is 2.83. The summed E-state index contributed by atoms with van der Waals surface area (Å²) in [4.78, 5) is 9.49. The van der Waals surface area contributed by atoms with E-state index in [4.69, 9.17) is 0 Å². The highest BCUT2D eigenvalue weighted by atomic mass is 32.1. The van der Waals surface area contributed by atoms with Crippen LogP contribution in [0.1, 0.15) is 15.6 Å². The largest absolute Gasteiger partial charge is 0.248 e. The van der Waals surface area contributed by atoms with Crippen molar-refractivity contribution >= 4 is 11.3 Å².